The van der Waals surface area contributed by atoms with Crippen LogP contribution in [0.4, 0.5) is 5.69 Å². The Balaban J connectivity index is 3.04. The molecule has 1 aromatic carbocycles. The van der Waals surface area contributed by atoms with Crippen LogP contribution in [0.5, 0.6) is 0 Å². The fourth-order valence-corrected chi connectivity index (χ4v) is 1.36. The first-order valence-electron chi connectivity index (χ1n) is 5.46. The first-order chi connectivity index (χ1) is 9.12. The Morgan fingerprint density at radius 2 is 1.95 bits per heavy atom. The third-order valence-electron chi connectivity index (χ3n) is 2.33. The van der Waals surface area contributed by atoms with Crippen molar-refractivity contribution in [2.45, 2.75) is 6.61 Å². The number of esters is 2. The predicted octanol–water partition coefficient (Wildman–Crippen LogP) is 0.821. The van der Waals surface area contributed by atoms with Gasteiger partial charge in [0, 0.05) is 11.3 Å². The number of aliphatic hydroxyl groups excluding tert-OH is 1. The van der Waals surface area contributed by atoms with Crippen molar-refractivity contribution in [3.63, 3.8) is 0 Å². The van der Waals surface area contributed by atoms with Crippen molar-refractivity contribution in [2.75, 3.05) is 19.5 Å². The zero-order valence-corrected chi connectivity index (χ0v) is 10.7. The number of aliphatic hydroxyl groups is 1. The Morgan fingerprint density at radius 3 is 2.53 bits per heavy atom. The Labute approximate surface area is 110 Å². The van der Waals surface area contributed by atoms with Crippen molar-refractivity contribution in [3.05, 3.63) is 41.6 Å². The standard InChI is InChI=1S/C13H15NO5/c1-18-12(16)7-11(13(17)19-2)14-10-6-4-3-5-9(10)8-15/h3-7,14-15H,8H2,1-2H3/b11-7+. The largest absolute Gasteiger partial charge is 0.466 e. The van der Waals surface area contributed by atoms with Gasteiger partial charge in [0.05, 0.1) is 26.9 Å². The maximum atomic E-state index is 11.5. The first-order valence-corrected chi connectivity index (χ1v) is 5.46. The second-order valence-electron chi connectivity index (χ2n) is 3.51. The lowest BCUT2D eigenvalue weighted by molar-refractivity contribution is -0.138. The summed E-state index contributed by atoms with van der Waals surface area (Å²) in [5, 5.41) is 11.9. The lowest BCUT2D eigenvalue weighted by Gasteiger charge is -2.12. The number of nitrogens with one attached hydrogen (secondary N) is 1. The molecule has 0 heterocycles. The second kappa shape index (κ2) is 7.17. The molecule has 0 bridgehead atoms. The molecule has 102 valence electrons. The number of ether oxygens (including phenoxy) is 2. The van der Waals surface area contributed by atoms with Gasteiger partial charge in [-0.1, -0.05) is 18.2 Å². The molecule has 19 heavy (non-hydrogen) atoms. The van der Waals surface area contributed by atoms with E-state index in [4.69, 9.17) is 0 Å². The highest BCUT2D eigenvalue weighted by atomic mass is 16.5. The third kappa shape index (κ3) is 4.11. The molecule has 0 aliphatic carbocycles. The smallest absolute Gasteiger partial charge is 0.354 e. The van der Waals surface area contributed by atoms with Crippen LogP contribution in [0.2, 0.25) is 0 Å². The van der Waals surface area contributed by atoms with E-state index >= 15 is 0 Å². The van der Waals surface area contributed by atoms with Gasteiger partial charge in [0.25, 0.3) is 0 Å². The zero-order valence-electron chi connectivity index (χ0n) is 10.7. The van der Waals surface area contributed by atoms with Crippen LogP contribution >= 0.6 is 0 Å². The van der Waals surface area contributed by atoms with Crippen molar-refractivity contribution in [1.29, 1.82) is 0 Å². The number of anilines is 1. The highest BCUT2D eigenvalue weighted by molar-refractivity contribution is 5.98. The van der Waals surface area contributed by atoms with Gasteiger partial charge < -0.3 is 19.9 Å². The monoisotopic (exact) mass is 265 g/mol. The van der Waals surface area contributed by atoms with Crippen LogP contribution in [0.25, 0.3) is 0 Å². The molecule has 0 atom stereocenters. The molecule has 0 aromatic heterocycles. The number of hydrogen-bond donors (Lipinski definition) is 2. The minimum atomic E-state index is -0.710. The van der Waals surface area contributed by atoms with E-state index in [9.17, 15) is 14.7 Å². The van der Waals surface area contributed by atoms with Crippen LogP contribution in [0.15, 0.2) is 36.0 Å². The predicted molar refractivity (Wildman–Crippen MR) is 68.1 cm³/mol. The molecule has 0 aliphatic rings. The van der Waals surface area contributed by atoms with E-state index in [1.165, 1.54) is 14.2 Å². The van der Waals surface area contributed by atoms with Gasteiger partial charge in [-0.15, -0.1) is 0 Å². The number of methoxy groups -OCH3 is 2. The average molecular weight is 265 g/mol. The van der Waals surface area contributed by atoms with Crippen molar-refractivity contribution >= 4 is 17.6 Å². The summed E-state index contributed by atoms with van der Waals surface area (Å²) in [6.07, 6.45) is 0.986. The Morgan fingerprint density at radius 1 is 1.26 bits per heavy atom. The van der Waals surface area contributed by atoms with Crippen molar-refractivity contribution in [1.82, 2.24) is 0 Å². The summed E-state index contributed by atoms with van der Waals surface area (Å²) in [5.74, 6) is -1.40. The van der Waals surface area contributed by atoms with E-state index in [0.29, 0.717) is 11.3 Å². The molecule has 2 N–H and O–H groups in total. The molecule has 0 saturated carbocycles. The number of hydrogen-bond acceptors (Lipinski definition) is 6. The first kappa shape index (κ1) is 14.7. The SMILES string of the molecule is COC(=O)/C=C(/Nc1ccccc1CO)C(=O)OC. The second-order valence-corrected chi connectivity index (χ2v) is 3.51. The maximum Gasteiger partial charge on any atom is 0.354 e. The van der Waals surface area contributed by atoms with Gasteiger partial charge in [0.2, 0.25) is 0 Å². The molecule has 0 fully saturated rings. The number of para-hydroxylation sites is 1. The van der Waals surface area contributed by atoms with Crippen molar-refractivity contribution in [2.24, 2.45) is 0 Å². The molecule has 6 nitrogen and oxygen atoms in total. The van der Waals surface area contributed by atoms with E-state index < -0.39 is 11.9 Å². The molecular weight excluding hydrogens is 250 g/mol. The van der Waals surface area contributed by atoms with Crippen LogP contribution in [-0.2, 0) is 25.7 Å². The average Bonchev–Trinajstić information content (AvgIpc) is 2.45. The third-order valence-corrected chi connectivity index (χ3v) is 2.33. The van der Waals surface area contributed by atoms with Gasteiger partial charge in [-0.2, -0.15) is 0 Å². The summed E-state index contributed by atoms with van der Waals surface area (Å²) in [4.78, 5) is 22.7. The summed E-state index contributed by atoms with van der Waals surface area (Å²) in [6, 6.07) is 6.84. The molecule has 0 aliphatic heterocycles. The Bertz CT molecular complexity index is 496. The molecule has 1 aromatic rings. The highest BCUT2D eigenvalue weighted by Gasteiger charge is 2.13. The summed E-state index contributed by atoms with van der Waals surface area (Å²) in [6.45, 7) is -0.199. The van der Waals surface area contributed by atoms with Gasteiger partial charge in [-0.25, -0.2) is 9.59 Å². The Kier molecular flexibility index (Phi) is 5.56. The van der Waals surface area contributed by atoms with E-state index in [1.54, 1.807) is 24.3 Å². The van der Waals surface area contributed by atoms with Gasteiger partial charge >= 0.3 is 11.9 Å². The van der Waals surface area contributed by atoms with Crippen LogP contribution in [0, 0.1) is 0 Å². The normalized spacial score (nSPS) is 10.8. The summed E-state index contributed by atoms with van der Waals surface area (Å²) >= 11 is 0. The van der Waals surface area contributed by atoms with E-state index in [0.717, 1.165) is 6.08 Å². The van der Waals surface area contributed by atoms with Crippen LogP contribution in [0.1, 0.15) is 5.56 Å². The summed E-state index contributed by atoms with van der Waals surface area (Å²) < 4.78 is 9.02. The highest BCUT2D eigenvalue weighted by Crippen LogP contribution is 2.17. The van der Waals surface area contributed by atoms with E-state index in [-0.39, 0.29) is 12.3 Å². The number of carbonyl (C=O) groups is 2. The van der Waals surface area contributed by atoms with Gasteiger partial charge in [0.15, 0.2) is 0 Å². The molecule has 0 saturated heterocycles. The summed E-state index contributed by atoms with van der Waals surface area (Å²) in [7, 11) is 2.41. The van der Waals surface area contributed by atoms with Crippen LogP contribution in [0.3, 0.4) is 0 Å². The molecule has 6 heteroatoms. The topological polar surface area (TPSA) is 84.9 Å². The molecule has 0 amide bonds. The quantitative estimate of drug-likeness (QED) is 0.605. The zero-order chi connectivity index (χ0) is 14.3. The molecule has 0 spiro atoms. The van der Waals surface area contributed by atoms with E-state index in [1.807, 2.05) is 0 Å². The van der Waals surface area contributed by atoms with Crippen LogP contribution < -0.4 is 5.32 Å². The lowest BCUT2D eigenvalue weighted by Crippen LogP contribution is -2.16. The van der Waals surface area contributed by atoms with Crippen molar-refractivity contribution in [3.8, 4) is 0 Å². The van der Waals surface area contributed by atoms with Gasteiger partial charge in [-0.3, -0.25) is 0 Å². The lowest BCUT2D eigenvalue weighted by atomic mass is 10.2. The molecular formula is C13H15NO5. The van der Waals surface area contributed by atoms with Crippen LogP contribution in [-0.4, -0.2) is 31.3 Å². The molecule has 1 rings (SSSR count). The number of rotatable bonds is 5. The summed E-state index contributed by atoms with van der Waals surface area (Å²) in [5.41, 5.74) is 1.02. The minimum Gasteiger partial charge on any atom is -0.466 e. The van der Waals surface area contributed by atoms with E-state index in [2.05, 4.69) is 14.8 Å². The molecule has 0 radical (unpaired) electrons. The fourth-order valence-electron chi connectivity index (χ4n) is 1.36. The number of carbonyl (C=O) groups excluding carboxylic acids is 2. The maximum absolute atomic E-state index is 11.5. The Hall–Kier alpha value is -2.34. The van der Waals surface area contributed by atoms with Gasteiger partial charge in [0.1, 0.15) is 5.70 Å². The minimum absolute atomic E-state index is 0.0738. The fraction of sp³-hybridized carbons (Fsp3) is 0.231. The number of benzene rings is 1. The van der Waals surface area contributed by atoms with Crippen molar-refractivity contribution < 1.29 is 24.2 Å². The van der Waals surface area contributed by atoms with Gasteiger partial charge in [-0.05, 0) is 6.07 Å². The molecule has 0 unspecified atom stereocenters.